The Kier molecular flexibility index (Phi) is 5.34. The Morgan fingerprint density at radius 3 is 2.50 bits per heavy atom. The van der Waals surface area contributed by atoms with E-state index in [-0.39, 0.29) is 6.42 Å². The molecule has 0 aliphatic carbocycles. The number of pyridine rings is 1. The van der Waals surface area contributed by atoms with Crippen molar-refractivity contribution in [3.05, 3.63) is 30.1 Å². The fraction of sp³-hybridized carbons (Fsp3) is 0.583. The molecule has 1 N–H and O–H groups in total. The van der Waals surface area contributed by atoms with E-state index >= 15 is 0 Å². The maximum Gasteiger partial charge on any atom is 0.255 e. The van der Waals surface area contributed by atoms with Gasteiger partial charge in [0, 0.05) is 18.3 Å². The normalized spacial score (nSPS) is 15.7. The number of rotatable bonds is 5. The third-order valence-electron chi connectivity index (χ3n) is 2.27. The minimum atomic E-state index is -2.58. The Balaban J connectivity index is 2.70. The van der Waals surface area contributed by atoms with Crippen molar-refractivity contribution in [1.29, 1.82) is 0 Å². The van der Waals surface area contributed by atoms with E-state index in [0.717, 1.165) is 0 Å². The molecule has 0 fully saturated rings. The third kappa shape index (κ3) is 4.78. The second-order valence-corrected chi connectivity index (χ2v) is 6.96. The first-order valence-corrected chi connectivity index (χ1v) is 6.82. The molecule has 1 unspecified atom stereocenters. The van der Waals surface area contributed by atoms with Gasteiger partial charge in [0.2, 0.25) is 0 Å². The number of hydrogen-bond acceptors (Lipinski definition) is 2. The van der Waals surface area contributed by atoms with Crippen LogP contribution in [0.5, 0.6) is 0 Å². The molecule has 0 radical (unpaired) electrons. The van der Waals surface area contributed by atoms with Crippen LogP contribution in [-0.2, 0) is 17.4 Å². The van der Waals surface area contributed by atoms with Crippen LogP contribution in [0.4, 0.5) is 8.78 Å². The summed E-state index contributed by atoms with van der Waals surface area (Å²) < 4.78 is 39.5. The molecule has 0 spiro atoms. The van der Waals surface area contributed by atoms with Gasteiger partial charge < -0.3 is 0 Å². The Morgan fingerprint density at radius 1 is 1.39 bits per heavy atom. The van der Waals surface area contributed by atoms with Gasteiger partial charge in [0.1, 0.15) is 0 Å². The molecule has 3 nitrogen and oxygen atoms in total. The van der Waals surface area contributed by atoms with Gasteiger partial charge in [0.15, 0.2) is 0 Å². The van der Waals surface area contributed by atoms with Crippen molar-refractivity contribution in [2.75, 3.05) is 0 Å². The van der Waals surface area contributed by atoms with Crippen molar-refractivity contribution in [2.45, 2.75) is 44.4 Å². The average molecular weight is 276 g/mol. The van der Waals surface area contributed by atoms with Gasteiger partial charge in [-0.2, -0.15) is 0 Å². The Morgan fingerprint density at radius 2 is 2.06 bits per heavy atom. The molecule has 0 saturated carbocycles. The van der Waals surface area contributed by atoms with E-state index < -0.39 is 28.2 Å². The van der Waals surface area contributed by atoms with E-state index in [1.807, 2.05) is 0 Å². The number of hydrogen-bond donors (Lipinski definition) is 1. The smallest absolute Gasteiger partial charge is 0.255 e. The lowest BCUT2D eigenvalue weighted by atomic mass is 10.1. The van der Waals surface area contributed by atoms with Crippen LogP contribution in [0.25, 0.3) is 0 Å². The van der Waals surface area contributed by atoms with Gasteiger partial charge in [-0.1, -0.05) is 6.07 Å². The molecule has 0 saturated heterocycles. The molecule has 6 heteroatoms. The summed E-state index contributed by atoms with van der Waals surface area (Å²) in [6.07, 6.45) is -0.975. The number of nitrogens with one attached hydrogen (secondary N) is 1. The monoisotopic (exact) mass is 276 g/mol. The second-order valence-electron chi connectivity index (χ2n) is 4.97. The van der Waals surface area contributed by atoms with Crippen LogP contribution in [-0.4, -0.2) is 26.4 Å². The van der Waals surface area contributed by atoms with E-state index in [2.05, 4.69) is 9.71 Å². The maximum absolute atomic E-state index is 12.9. The SMILES string of the molecule is CC(C)(C)S(=O)N[C@@H](Cc1ccccn1)C(F)F. The lowest BCUT2D eigenvalue weighted by Gasteiger charge is -2.23. The number of aromatic nitrogens is 1. The van der Waals surface area contributed by atoms with E-state index in [0.29, 0.717) is 5.69 Å². The van der Waals surface area contributed by atoms with Gasteiger partial charge in [-0.25, -0.2) is 17.7 Å². The highest BCUT2D eigenvalue weighted by molar-refractivity contribution is 7.84. The van der Waals surface area contributed by atoms with E-state index in [4.69, 9.17) is 0 Å². The van der Waals surface area contributed by atoms with Crippen LogP contribution in [0.1, 0.15) is 26.5 Å². The molecule has 102 valence electrons. The second kappa shape index (κ2) is 6.33. The zero-order chi connectivity index (χ0) is 13.8. The fourth-order valence-corrected chi connectivity index (χ4v) is 2.06. The highest BCUT2D eigenvalue weighted by Gasteiger charge is 2.28. The molecular formula is C12H18F2N2OS. The van der Waals surface area contributed by atoms with E-state index in [1.54, 1.807) is 45.2 Å². The molecule has 2 atom stereocenters. The average Bonchev–Trinajstić information content (AvgIpc) is 2.28. The van der Waals surface area contributed by atoms with Crippen molar-refractivity contribution in [2.24, 2.45) is 0 Å². The number of halogens is 2. The zero-order valence-corrected chi connectivity index (χ0v) is 11.5. The van der Waals surface area contributed by atoms with Crippen LogP contribution in [0.2, 0.25) is 0 Å². The van der Waals surface area contributed by atoms with Crippen molar-refractivity contribution < 1.29 is 13.0 Å². The minimum absolute atomic E-state index is 0.0559. The molecule has 0 amide bonds. The lowest BCUT2D eigenvalue weighted by molar-refractivity contribution is 0.109. The van der Waals surface area contributed by atoms with E-state index in [1.165, 1.54) is 0 Å². The van der Waals surface area contributed by atoms with Crippen LogP contribution >= 0.6 is 0 Å². The van der Waals surface area contributed by atoms with Gasteiger partial charge >= 0.3 is 0 Å². The Hall–Kier alpha value is -0.880. The zero-order valence-electron chi connectivity index (χ0n) is 10.7. The quantitative estimate of drug-likeness (QED) is 0.896. The minimum Gasteiger partial charge on any atom is -0.261 e. The number of alkyl halides is 2. The summed E-state index contributed by atoms with van der Waals surface area (Å²) >= 11 is 0. The van der Waals surface area contributed by atoms with Gasteiger partial charge in [-0.3, -0.25) is 4.98 Å². The summed E-state index contributed by atoms with van der Waals surface area (Å²) in [5.74, 6) is 0. The van der Waals surface area contributed by atoms with Gasteiger partial charge in [0.05, 0.1) is 21.8 Å². The predicted octanol–water partition coefficient (Wildman–Crippen LogP) is 2.31. The molecule has 0 aliphatic rings. The summed E-state index contributed by atoms with van der Waals surface area (Å²) in [6, 6.07) is 3.99. The van der Waals surface area contributed by atoms with Crippen molar-refractivity contribution in [1.82, 2.24) is 9.71 Å². The molecule has 1 aromatic heterocycles. The van der Waals surface area contributed by atoms with Crippen LogP contribution in [0.3, 0.4) is 0 Å². The van der Waals surface area contributed by atoms with Crippen molar-refractivity contribution >= 4 is 11.0 Å². The molecule has 0 aliphatic heterocycles. The largest absolute Gasteiger partial charge is 0.261 e. The molecule has 0 aromatic carbocycles. The lowest BCUT2D eigenvalue weighted by Crippen LogP contribution is -2.44. The van der Waals surface area contributed by atoms with Gasteiger partial charge in [-0.05, 0) is 32.9 Å². The highest BCUT2D eigenvalue weighted by Crippen LogP contribution is 2.14. The Bertz CT molecular complexity index is 393. The van der Waals surface area contributed by atoms with Crippen LogP contribution < -0.4 is 4.72 Å². The molecule has 1 aromatic rings. The summed E-state index contributed by atoms with van der Waals surface area (Å²) in [5.41, 5.74) is 0.557. The Labute approximate surface area is 109 Å². The molecular weight excluding hydrogens is 258 g/mol. The molecule has 1 rings (SSSR count). The summed E-state index contributed by atoms with van der Waals surface area (Å²) in [7, 11) is -1.52. The van der Waals surface area contributed by atoms with Crippen LogP contribution in [0.15, 0.2) is 24.4 Å². The highest BCUT2D eigenvalue weighted by atomic mass is 32.2. The summed E-state index contributed by atoms with van der Waals surface area (Å²) in [4.78, 5) is 4.00. The maximum atomic E-state index is 12.9. The first-order chi connectivity index (χ1) is 8.30. The summed E-state index contributed by atoms with van der Waals surface area (Å²) in [6.45, 7) is 5.21. The van der Waals surface area contributed by atoms with Crippen molar-refractivity contribution in [3.8, 4) is 0 Å². The first-order valence-electron chi connectivity index (χ1n) is 5.67. The van der Waals surface area contributed by atoms with E-state index in [9.17, 15) is 13.0 Å². The van der Waals surface area contributed by atoms with Gasteiger partial charge in [-0.15, -0.1) is 0 Å². The molecule has 0 bridgehead atoms. The first kappa shape index (κ1) is 15.2. The summed E-state index contributed by atoms with van der Waals surface area (Å²) in [5, 5.41) is 0. The predicted molar refractivity (Wildman–Crippen MR) is 68.8 cm³/mol. The van der Waals surface area contributed by atoms with Crippen molar-refractivity contribution in [3.63, 3.8) is 0 Å². The van der Waals surface area contributed by atoms with Crippen LogP contribution in [0, 0.1) is 0 Å². The fourth-order valence-electron chi connectivity index (χ4n) is 1.24. The van der Waals surface area contributed by atoms with Gasteiger partial charge in [0.25, 0.3) is 6.43 Å². The molecule has 18 heavy (non-hydrogen) atoms. The molecule has 1 heterocycles. The topological polar surface area (TPSA) is 42.0 Å². The standard InChI is InChI=1S/C12H18F2N2OS/c1-12(2,3)18(17)16-10(11(13)14)8-9-6-4-5-7-15-9/h4-7,10-11,16H,8H2,1-3H3/t10-,18?/m0/s1. The number of nitrogens with zero attached hydrogens (tertiary/aromatic N) is 1. The third-order valence-corrected chi connectivity index (χ3v) is 3.90.